The van der Waals surface area contributed by atoms with Crippen LogP contribution in [0.2, 0.25) is 0 Å². The maximum absolute atomic E-state index is 12.9. The molecule has 6 nitrogen and oxygen atoms in total. The molecule has 0 spiro atoms. The first-order valence-corrected chi connectivity index (χ1v) is 9.79. The predicted molar refractivity (Wildman–Crippen MR) is 97.5 cm³/mol. The number of nitrogens with zero attached hydrogens (tertiary/aromatic N) is 2. The molecule has 1 aliphatic carbocycles. The van der Waals surface area contributed by atoms with Crippen molar-refractivity contribution in [3.05, 3.63) is 47.5 Å². The summed E-state index contributed by atoms with van der Waals surface area (Å²) in [7, 11) is 1.82. The molecule has 3 rings (SSSR count). The van der Waals surface area contributed by atoms with E-state index in [4.69, 9.17) is 4.74 Å². The Morgan fingerprint density at radius 1 is 1.23 bits per heavy atom. The SMILES string of the molecule is COc1ccc(S(=O)(=O)Nc2ccc(F)nc2)c2c1C[C@@H](N(C)C)CC2. The number of pyridine rings is 1. The molecule has 0 amide bonds. The third kappa shape index (κ3) is 3.66. The van der Waals surface area contributed by atoms with Crippen LogP contribution < -0.4 is 9.46 Å². The van der Waals surface area contributed by atoms with Gasteiger partial charge >= 0.3 is 0 Å². The van der Waals surface area contributed by atoms with Crippen LogP contribution in [0.25, 0.3) is 0 Å². The number of anilines is 1. The van der Waals surface area contributed by atoms with Gasteiger partial charge < -0.3 is 9.64 Å². The van der Waals surface area contributed by atoms with E-state index < -0.39 is 16.0 Å². The van der Waals surface area contributed by atoms with Crippen LogP contribution in [0.15, 0.2) is 35.4 Å². The Labute approximate surface area is 153 Å². The van der Waals surface area contributed by atoms with Gasteiger partial charge in [0.15, 0.2) is 0 Å². The number of hydrogen-bond acceptors (Lipinski definition) is 5. The molecule has 0 unspecified atom stereocenters. The van der Waals surface area contributed by atoms with Crippen molar-refractivity contribution in [3.63, 3.8) is 0 Å². The standard InChI is InChI=1S/C18H22FN3O3S/c1-22(2)13-5-6-14-15(10-13)16(25-3)7-8-17(14)26(23,24)21-12-4-9-18(19)20-11-12/h4,7-9,11,13,21H,5-6,10H2,1-3H3/t13-/m0/s1. The van der Waals surface area contributed by atoms with Crippen molar-refractivity contribution >= 4 is 15.7 Å². The van der Waals surface area contributed by atoms with E-state index >= 15 is 0 Å². The molecule has 1 aromatic carbocycles. The van der Waals surface area contributed by atoms with Gasteiger partial charge in [0.1, 0.15) is 5.75 Å². The fourth-order valence-corrected chi connectivity index (χ4v) is 4.66. The molecule has 0 fully saturated rings. The molecule has 140 valence electrons. The highest BCUT2D eigenvalue weighted by Crippen LogP contribution is 2.35. The van der Waals surface area contributed by atoms with Crippen molar-refractivity contribution in [3.8, 4) is 5.75 Å². The summed E-state index contributed by atoms with van der Waals surface area (Å²) in [5, 5.41) is 0. The molecule has 1 heterocycles. The van der Waals surface area contributed by atoms with Crippen LogP contribution in [-0.4, -0.2) is 45.5 Å². The molecule has 0 bridgehead atoms. The molecule has 26 heavy (non-hydrogen) atoms. The third-order valence-corrected chi connectivity index (χ3v) is 6.20. The fourth-order valence-electron chi connectivity index (χ4n) is 3.33. The molecule has 0 saturated heterocycles. The van der Waals surface area contributed by atoms with Crippen LogP contribution in [0, 0.1) is 5.95 Å². The summed E-state index contributed by atoms with van der Waals surface area (Å²) in [6.07, 6.45) is 3.40. The topological polar surface area (TPSA) is 71.5 Å². The van der Waals surface area contributed by atoms with Crippen LogP contribution in [0.3, 0.4) is 0 Å². The summed E-state index contributed by atoms with van der Waals surface area (Å²) < 4.78 is 46.7. The number of hydrogen-bond donors (Lipinski definition) is 1. The highest BCUT2D eigenvalue weighted by atomic mass is 32.2. The zero-order valence-corrected chi connectivity index (χ0v) is 15.8. The molecular weight excluding hydrogens is 357 g/mol. The van der Waals surface area contributed by atoms with Crippen molar-refractivity contribution < 1.29 is 17.5 Å². The lowest BCUT2D eigenvalue weighted by atomic mass is 9.87. The summed E-state index contributed by atoms with van der Waals surface area (Å²) >= 11 is 0. The zero-order chi connectivity index (χ0) is 18.9. The Kier molecular flexibility index (Phi) is 5.15. The first kappa shape index (κ1) is 18.6. The number of nitrogens with one attached hydrogen (secondary N) is 1. The van der Waals surface area contributed by atoms with E-state index in [1.54, 1.807) is 19.2 Å². The van der Waals surface area contributed by atoms with Crippen molar-refractivity contribution in [2.75, 3.05) is 25.9 Å². The van der Waals surface area contributed by atoms with Crippen LogP contribution in [-0.2, 0) is 22.9 Å². The third-order valence-electron chi connectivity index (χ3n) is 4.73. The first-order valence-electron chi connectivity index (χ1n) is 8.31. The number of ether oxygens (including phenoxy) is 1. The van der Waals surface area contributed by atoms with Crippen LogP contribution in [0.1, 0.15) is 17.5 Å². The zero-order valence-electron chi connectivity index (χ0n) is 15.0. The average molecular weight is 379 g/mol. The van der Waals surface area contributed by atoms with Gasteiger partial charge in [0.25, 0.3) is 10.0 Å². The van der Waals surface area contributed by atoms with Gasteiger partial charge in [0.2, 0.25) is 5.95 Å². The Morgan fingerprint density at radius 2 is 2.00 bits per heavy atom. The second-order valence-electron chi connectivity index (χ2n) is 6.56. The average Bonchev–Trinajstić information content (AvgIpc) is 2.61. The summed E-state index contributed by atoms with van der Waals surface area (Å²) in [4.78, 5) is 5.86. The highest BCUT2D eigenvalue weighted by molar-refractivity contribution is 7.92. The lowest BCUT2D eigenvalue weighted by molar-refractivity contribution is 0.263. The number of sulfonamides is 1. The largest absolute Gasteiger partial charge is 0.496 e. The van der Waals surface area contributed by atoms with Gasteiger partial charge in [-0.05, 0) is 63.2 Å². The summed E-state index contributed by atoms with van der Waals surface area (Å²) in [5.41, 5.74) is 1.93. The van der Waals surface area contributed by atoms with E-state index in [0.717, 1.165) is 36.2 Å². The predicted octanol–water partition coefficient (Wildman–Crippen LogP) is 2.45. The number of methoxy groups -OCH3 is 1. The number of aromatic nitrogens is 1. The molecule has 1 N–H and O–H groups in total. The van der Waals surface area contributed by atoms with Crippen LogP contribution in [0.5, 0.6) is 5.75 Å². The minimum atomic E-state index is -3.81. The minimum absolute atomic E-state index is 0.220. The maximum atomic E-state index is 12.9. The molecule has 1 aliphatic rings. The normalized spacial score (nSPS) is 17.0. The summed E-state index contributed by atoms with van der Waals surface area (Å²) in [6.45, 7) is 0. The summed E-state index contributed by atoms with van der Waals surface area (Å²) in [6, 6.07) is 6.05. The van der Waals surface area contributed by atoms with E-state index in [2.05, 4.69) is 14.6 Å². The number of likely N-dealkylation sites (N-methyl/N-ethyl adjacent to an activating group) is 1. The Hall–Kier alpha value is -2.19. The number of benzene rings is 1. The van der Waals surface area contributed by atoms with Crippen molar-refractivity contribution in [2.45, 2.75) is 30.2 Å². The minimum Gasteiger partial charge on any atom is -0.496 e. The molecule has 0 aliphatic heterocycles. The van der Waals surface area contributed by atoms with Gasteiger partial charge in [-0.3, -0.25) is 4.72 Å². The van der Waals surface area contributed by atoms with Gasteiger partial charge in [-0.1, -0.05) is 0 Å². The van der Waals surface area contributed by atoms with E-state index in [1.165, 1.54) is 6.07 Å². The van der Waals surface area contributed by atoms with E-state index in [9.17, 15) is 12.8 Å². The number of rotatable bonds is 5. The lowest BCUT2D eigenvalue weighted by Gasteiger charge is -2.31. The number of halogens is 1. The molecule has 0 radical (unpaired) electrons. The van der Waals surface area contributed by atoms with Gasteiger partial charge in [-0.25, -0.2) is 13.4 Å². The van der Waals surface area contributed by atoms with Gasteiger partial charge in [-0.15, -0.1) is 0 Å². The van der Waals surface area contributed by atoms with Crippen molar-refractivity contribution in [2.24, 2.45) is 0 Å². The monoisotopic (exact) mass is 379 g/mol. The van der Waals surface area contributed by atoms with Crippen molar-refractivity contribution in [1.82, 2.24) is 9.88 Å². The number of fused-ring (bicyclic) bond motifs is 1. The second-order valence-corrected chi connectivity index (χ2v) is 8.21. The second kappa shape index (κ2) is 7.20. The molecule has 8 heteroatoms. The molecule has 1 atom stereocenters. The van der Waals surface area contributed by atoms with Crippen LogP contribution in [0.4, 0.5) is 10.1 Å². The van der Waals surface area contributed by atoms with Crippen LogP contribution >= 0.6 is 0 Å². The van der Waals surface area contributed by atoms with E-state index in [0.29, 0.717) is 18.2 Å². The van der Waals surface area contributed by atoms with Crippen molar-refractivity contribution in [1.29, 1.82) is 0 Å². The summed E-state index contributed by atoms with van der Waals surface area (Å²) in [5.74, 6) is 0.0402. The Morgan fingerprint density at radius 3 is 2.62 bits per heavy atom. The molecule has 1 aromatic heterocycles. The van der Waals surface area contributed by atoms with Gasteiger partial charge in [0.05, 0.1) is 23.9 Å². The maximum Gasteiger partial charge on any atom is 0.262 e. The molecular formula is C18H22FN3O3S. The highest BCUT2D eigenvalue weighted by Gasteiger charge is 2.29. The smallest absolute Gasteiger partial charge is 0.262 e. The molecule has 2 aromatic rings. The van der Waals surface area contributed by atoms with E-state index in [-0.39, 0.29) is 10.6 Å². The van der Waals surface area contributed by atoms with E-state index in [1.807, 2.05) is 14.1 Å². The fraction of sp³-hybridized carbons (Fsp3) is 0.389. The molecule has 0 saturated carbocycles. The van der Waals surface area contributed by atoms with Gasteiger partial charge in [0, 0.05) is 11.6 Å². The Balaban J connectivity index is 2.00. The first-order chi connectivity index (χ1) is 12.3. The lowest BCUT2D eigenvalue weighted by Crippen LogP contribution is -2.34. The Bertz CT molecular complexity index is 899. The van der Waals surface area contributed by atoms with Gasteiger partial charge in [-0.2, -0.15) is 4.39 Å². The quantitative estimate of drug-likeness (QED) is 0.808.